The summed E-state index contributed by atoms with van der Waals surface area (Å²) in [5.74, 6) is 1.74. The van der Waals surface area contributed by atoms with Gasteiger partial charge in [0.2, 0.25) is 0 Å². The van der Waals surface area contributed by atoms with Crippen LogP contribution in [0.2, 0.25) is 0 Å². The number of methoxy groups -OCH3 is 2. The fraction of sp³-hybridized carbons (Fsp3) is 0.419. The number of anilines is 1. The third-order valence-electron chi connectivity index (χ3n) is 8.10. The van der Waals surface area contributed by atoms with Gasteiger partial charge in [0.1, 0.15) is 5.75 Å². The fourth-order valence-corrected chi connectivity index (χ4v) is 6.16. The van der Waals surface area contributed by atoms with Crippen molar-refractivity contribution in [3.63, 3.8) is 0 Å². The number of nitrogens with zero attached hydrogens (tertiary/aromatic N) is 1. The van der Waals surface area contributed by atoms with E-state index in [0.717, 1.165) is 32.4 Å². The molecule has 3 aromatic rings. The van der Waals surface area contributed by atoms with Gasteiger partial charge in [0, 0.05) is 45.3 Å². The Morgan fingerprint density at radius 1 is 0.857 bits per heavy atom. The summed E-state index contributed by atoms with van der Waals surface area (Å²) in [6.45, 7) is 2.14. The lowest BCUT2D eigenvalue weighted by molar-refractivity contribution is -0.115. The number of aryl methyl sites for hydroxylation is 1. The number of phenolic OH excluding ortho intramolecular Hbond substituents is 1. The molecule has 1 saturated heterocycles. The van der Waals surface area contributed by atoms with E-state index in [0.29, 0.717) is 23.5 Å². The summed E-state index contributed by atoms with van der Waals surface area (Å²) in [6, 6.07) is 26.1. The van der Waals surface area contributed by atoms with Crippen LogP contribution in [0.25, 0.3) is 0 Å². The molecule has 0 unspecified atom stereocenters. The Morgan fingerprint density at radius 2 is 1.57 bits per heavy atom. The van der Waals surface area contributed by atoms with E-state index in [1.165, 1.54) is 40.8 Å². The zero-order valence-corrected chi connectivity index (χ0v) is 20.9. The van der Waals surface area contributed by atoms with Crippen molar-refractivity contribution >= 4 is 5.69 Å². The lowest BCUT2D eigenvalue weighted by atomic mass is 9.69. The topological polar surface area (TPSA) is 41.9 Å². The number of rotatable bonds is 7. The largest absolute Gasteiger partial charge is 0.508 e. The molecule has 1 N–H and O–H groups in total. The molecule has 3 aromatic carbocycles. The van der Waals surface area contributed by atoms with Crippen LogP contribution in [0.15, 0.2) is 72.8 Å². The predicted molar refractivity (Wildman–Crippen MR) is 141 cm³/mol. The Hall–Kier alpha value is -2.82. The molecular formula is C31H37NO3. The number of hydrogen-bond donors (Lipinski definition) is 1. The molecule has 2 atom stereocenters. The van der Waals surface area contributed by atoms with Gasteiger partial charge in [-0.25, -0.2) is 0 Å². The van der Waals surface area contributed by atoms with E-state index in [9.17, 15) is 5.11 Å². The molecule has 35 heavy (non-hydrogen) atoms. The smallest absolute Gasteiger partial charge is 0.157 e. The quantitative estimate of drug-likeness (QED) is 0.401. The maximum absolute atomic E-state index is 10.1. The molecule has 0 spiro atoms. The molecular weight excluding hydrogens is 434 g/mol. The maximum atomic E-state index is 10.1. The Labute approximate surface area is 209 Å². The van der Waals surface area contributed by atoms with Crippen LogP contribution in [0.5, 0.6) is 5.75 Å². The first-order valence-corrected chi connectivity index (χ1v) is 12.9. The van der Waals surface area contributed by atoms with Crippen LogP contribution < -0.4 is 4.90 Å². The standard InChI is InChI=1S/C31H37NO3/c1-34-30(35-2)20-22-16-18-32(19-17-22)26-11-8-24(9-12-26)31-28(23-6-4-3-5-7-23)14-10-25-21-27(33)13-15-29(25)31/h3-9,11-13,15,21-22,28,30-31,33H,10,14,16-20H2,1-2H3/t28-,31+/m1/s1. The van der Waals surface area contributed by atoms with Crippen molar-refractivity contribution in [2.75, 3.05) is 32.2 Å². The summed E-state index contributed by atoms with van der Waals surface area (Å²) in [6.07, 6.45) is 5.30. The molecule has 5 rings (SSSR count). The third kappa shape index (κ3) is 5.24. The molecule has 1 fully saturated rings. The van der Waals surface area contributed by atoms with E-state index in [1.807, 2.05) is 12.1 Å². The Morgan fingerprint density at radius 3 is 2.26 bits per heavy atom. The van der Waals surface area contributed by atoms with Gasteiger partial charge < -0.3 is 19.5 Å². The van der Waals surface area contributed by atoms with Gasteiger partial charge in [-0.2, -0.15) is 0 Å². The van der Waals surface area contributed by atoms with Gasteiger partial charge in [0.25, 0.3) is 0 Å². The SMILES string of the molecule is COC(CC1CCN(c2ccc([C@@H]3c4ccc(O)cc4CC[C@@H]3c3ccccc3)cc2)CC1)OC. The lowest BCUT2D eigenvalue weighted by Crippen LogP contribution is -2.35. The second kappa shape index (κ2) is 10.8. The second-order valence-electron chi connectivity index (χ2n) is 10.1. The molecule has 1 aliphatic carbocycles. The fourth-order valence-electron chi connectivity index (χ4n) is 6.16. The zero-order valence-electron chi connectivity index (χ0n) is 20.9. The number of hydrogen-bond acceptors (Lipinski definition) is 4. The molecule has 0 saturated carbocycles. The molecule has 1 heterocycles. The van der Waals surface area contributed by atoms with Gasteiger partial charge in [-0.15, -0.1) is 0 Å². The van der Waals surface area contributed by atoms with Crippen LogP contribution in [-0.2, 0) is 15.9 Å². The van der Waals surface area contributed by atoms with Gasteiger partial charge >= 0.3 is 0 Å². The van der Waals surface area contributed by atoms with Crippen molar-refractivity contribution in [3.8, 4) is 5.75 Å². The monoisotopic (exact) mass is 471 g/mol. The van der Waals surface area contributed by atoms with Crippen molar-refractivity contribution in [2.24, 2.45) is 5.92 Å². The summed E-state index contributed by atoms with van der Waals surface area (Å²) in [5, 5.41) is 10.1. The highest BCUT2D eigenvalue weighted by Gasteiger charge is 2.32. The summed E-state index contributed by atoms with van der Waals surface area (Å²) in [5.41, 5.74) is 6.68. The normalized spacial score (nSPS) is 20.7. The van der Waals surface area contributed by atoms with Gasteiger partial charge in [-0.3, -0.25) is 0 Å². The highest BCUT2D eigenvalue weighted by molar-refractivity contribution is 5.52. The van der Waals surface area contributed by atoms with E-state index in [1.54, 1.807) is 14.2 Å². The first-order chi connectivity index (χ1) is 17.2. The lowest BCUT2D eigenvalue weighted by Gasteiger charge is -2.36. The molecule has 0 aromatic heterocycles. The van der Waals surface area contributed by atoms with Crippen LogP contribution >= 0.6 is 0 Å². The molecule has 0 radical (unpaired) electrons. The van der Waals surface area contributed by atoms with Gasteiger partial charge in [0.15, 0.2) is 6.29 Å². The molecule has 2 aliphatic rings. The van der Waals surface area contributed by atoms with Crippen molar-refractivity contribution < 1.29 is 14.6 Å². The van der Waals surface area contributed by atoms with E-state index in [2.05, 4.69) is 65.6 Å². The first-order valence-electron chi connectivity index (χ1n) is 12.9. The highest BCUT2D eigenvalue weighted by Crippen LogP contribution is 2.47. The van der Waals surface area contributed by atoms with E-state index in [4.69, 9.17) is 9.47 Å². The molecule has 0 amide bonds. The van der Waals surface area contributed by atoms with Gasteiger partial charge in [-0.1, -0.05) is 48.5 Å². The van der Waals surface area contributed by atoms with Crippen LogP contribution in [0.1, 0.15) is 59.8 Å². The van der Waals surface area contributed by atoms with Gasteiger partial charge in [0.05, 0.1) is 0 Å². The van der Waals surface area contributed by atoms with E-state index >= 15 is 0 Å². The zero-order chi connectivity index (χ0) is 24.2. The predicted octanol–water partition coefficient (Wildman–Crippen LogP) is 6.48. The number of piperidine rings is 1. The minimum absolute atomic E-state index is 0.0938. The molecule has 184 valence electrons. The summed E-state index contributed by atoms with van der Waals surface area (Å²) in [7, 11) is 3.45. The molecule has 0 bridgehead atoms. The maximum Gasteiger partial charge on any atom is 0.157 e. The summed E-state index contributed by atoms with van der Waals surface area (Å²) < 4.78 is 10.8. The van der Waals surface area contributed by atoms with Crippen molar-refractivity contribution in [2.45, 2.75) is 50.2 Å². The number of ether oxygens (including phenoxy) is 2. The molecule has 1 aliphatic heterocycles. The average molecular weight is 472 g/mol. The number of benzene rings is 3. The highest BCUT2D eigenvalue weighted by atomic mass is 16.7. The van der Waals surface area contributed by atoms with Crippen LogP contribution in [0.4, 0.5) is 5.69 Å². The van der Waals surface area contributed by atoms with Crippen molar-refractivity contribution in [1.82, 2.24) is 0 Å². The number of phenols is 1. The van der Waals surface area contributed by atoms with Crippen molar-refractivity contribution in [1.29, 1.82) is 0 Å². The average Bonchev–Trinajstić information content (AvgIpc) is 2.92. The minimum Gasteiger partial charge on any atom is -0.508 e. The second-order valence-corrected chi connectivity index (χ2v) is 10.1. The van der Waals surface area contributed by atoms with E-state index in [-0.39, 0.29) is 6.29 Å². The first kappa shape index (κ1) is 23.9. The Kier molecular flexibility index (Phi) is 7.40. The number of fused-ring (bicyclic) bond motifs is 1. The van der Waals surface area contributed by atoms with Crippen LogP contribution in [0.3, 0.4) is 0 Å². The summed E-state index contributed by atoms with van der Waals surface area (Å²) in [4.78, 5) is 2.51. The van der Waals surface area contributed by atoms with Gasteiger partial charge in [-0.05, 0) is 84.0 Å². The van der Waals surface area contributed by atoms with E-state index < -0.39 is 0 Å². The van der Waals surface area contributed by atoms with Crippen LogP contribution in [0, 0.1) is 5.92 Å². The van der Waals surface area contributed by atoms with Crippen LogP contribution in [-0.4, -0.2) is 38.7 Å². The third-order valence-corrected chi connectivity index (χ3v) is 8.10. The minimum atomic E-state index is -0.0938. The summed E-state index contributed by atoms with van der Waals surface area (Å²) >= 11 is 0. The molecule has 4 nitrogen and oxygen atoms in total. The Bertz CT molecular complexity index is 1090. The number of aromatic hydroxyl groups is 1. The molecule has 4 heteroatoms. The van der Waals surface area contributed by atoms with Crippen molar-refractivity contribution in [3.05, 3.63) is 95.1 Å². The Balaban J connectivity index is 1.35.